The zero-order valence-electron chi connectivity index (χ0n) is 12.1. The number of aromatic nitrogens is 2. The first-order valence-corrected chi connectivity index (χ1v) is 7.45. The van der Waals surface area contributed by atoms with Gasteiger partial charge in [-0.2, -0.15) is 0 Å². The van der Waals surface area contributed by atoms with Crippen molar-refractivity contribution in [1.82, 2.24) is 14.9 Å². The summed E-state index contributed by atoms with van der Waals surface area (Å²) >= 11 is 0. The van der Waals surface area contributed by atoms with E-state index < -0.39 is 0 Å². The quantitative estimate of drug-likeness (QED) is 0.917. The molecule has 2 aliphatic rings. The van der Waals surface area contributed by atoms with E-state index in [1.165, 1.54) is 24.1 Å². The van der Waals surface area contributed by atoms with Crippen LogP contribution >= 0.6 is 0 Å². The first kappa shape index (κ1) is 12.7. The zero-order chi connectivity index (χ0) is 14.2. The van der Waals surface area contributed by atoms with Crippen molar-refractivity contribution >= 4 is 0 Å². The summed E-state index contributed by atoms with van der Waals surface area (Å²) in [6.07, 6.45) is 6.46. The fourth-order valence-electron chi connectivity index (χ4n) is 2.71. The van der Waals surface area contributed by atoms with Gasteiger partial charge in [0.25, 0.3) is 0 Å². The predicted octanol–water partition coefficient (Wildman–Crippen LogP) is 2.80. The van der Waals surface area contributed by atoms with Gasteiger partial charge in [-0.1, -0.05) is 6.07 Å². The van der Waals surface area contributed by atoms with Gasteiger partial charge in [-0.15, -0.1) is 0 Å². The summed E-state index contributed by atoms with van der Waals surface area (Å²) in [5, 5.41) is 3.56. The molecule has 5 nitrogen and oxygen atoms in total. The number of imidazole rings is 1. The van der Waals surface area contributed by atoms with Crippen molar-refractivity contribution in [3.8, 4) is 11.5 Å². The van der Waals surface area contributed by atoms with Gasteiger partial charge in [0.1, 0.15) is 0 Å². The van der Waals surface area contributed by atoms with Crippen molar-refractivity contribution in [3.05, 3.63) is 42.0 Å². The van der Waals surface area contributed by atoms with Crippen molar-refractivity contribution in [3.63, 3.8) is 0 Å². The van der Waals surface area contributed by atoms with E-state index in [1.54, 1.807) is 0 Å². The summed E-state index contributed by atoms with van der Waals surface area (Å²) in [5.74, 6) is 1.67. The Morgan fingerprint density at radius 2 is 2.19 bits per heavy atom. The Hall–Kier alpha value is -2.01. The maximum absolute atomic E-state index is 5.43. The largest absolute Gasteiger partial charge is 0.454 e. The molecule has 0 saturated heterocycles. The second-order valence-electron chi connectivity index (χ2n) is 5.74. The molecule has 110 valence electrons. The first-order chi connectivity index (χ1) is 10.3. The van der Waals surface area contributed by atoms with Crippen LogP contribution in [0.2, 0.25) is 0 Å². The van der Waals surface area contributed by atoms with E-state index in [2.05, 4.69) is 33.9 Å². The van der Waals surface area contributed by atoms with Crippen molar-refractivity contribution in [1.29, 1.82) is 0 Å². The SMILES string of the molecule is CC(NCc1cncn1C1CC1)c1ccc2c(c1)OCO2. The second-order valence-corrected chi connectivity index (χ2v) is 5.74. The van der Waals surface area contributed by atoms with Gasteiger partial charge in [-0.25, -0.2) is 4.98 Å². The first-order valence-electron chi connectivity index (χ1n) is 7.45. The van der Waals surface area contributed by atoms with Crippen LogP contribution in [0.3, 0.4) is 0 Å². The molecule has 2 aromatic rings. The molecule has 1 aliphatic carbocycles. The van der Waals surface area contributed by atoms with Gasteiger partial charge < -0.3 is 19.4 Å². The summed E-state index contributed by atoms with van der Waals surface area (Å²) in [7, 11) is 0. The number of rotatable bonds is 5. The molecule has 1 aromatic carbocycles. The number of ether oxygens (including phenoxy) is 2. The molecule has 0 amide bonds. The van der Waals surface area contributed by atoms with Gasteiger partial charge in [0.2, 0.25) is 6.79 Å². The number of hydrogen-bond donors (Lipinski definition) is 1. The topological polar surface area (TPSA) is 48.3 Å². The highest BCUT2D eigenvalue weighted by Gasteiger charge is 2.25. The molecule has 2 heterocycles. The van der Waals surface area contributed by atoms with Gasteiger partial charge in [0.15, 0.2) is 11.5 Å². The maximum Gasteiger partial charge on any atom is 0.231 e. The summed E-state index contributed by atoms with van der Waals surface area (Å²) < 4.78 is 13.1. The lowest BCUT2D eigenvalue weighted by atomic mass is 10.1. The Morgan fingerprint density at radius 3 is 3.05 bits per heavy atom. The highest BCUT2D eigenvalue weighted by Crippen LogP contribution is 2.36. The fraction of sp³-hybridized carbons (Fsp3) is 0.438. The molecular weight excluding hydrogens is 266 g/mol. The standard InChI is InChI=1S/C16H19N3O2/c1-11(12-2-5-15-16(6-12)21-10-20-15)18-8-14-7-17-9-19(14)13-3-4-13/h2,5-7,9,11,13,18H,3-4,8,10H2,1H3. The van der Waals surface area contributed by atoms with Gasteiger partial charge >= 0.3 is 0 Å². The predicted molar refractivity (Wildman–Crippen MR) is 78.3 cm³/mol. The van der Waals surface area contributed by atoms with Crippen molar-refractivity contribution in [2.45, 2.75) is 38.4 Å². The summed E-state index contributed by atoms with van der Waals surface area (Å²) in [5.41, 5.74) is 2.46. The molecule has 0 spiro atoms. The van der Waals surface area contributed by atoms with E-state index in [-0.39, 0.29) is 6.04 Å². The molecule has 5 heteroatoms. The molecule has 4 rings (SSSR count). The van der Waals surface area contributed by atoms with E-state index in [0.29, 0.717) is 12.8 Å². The van der Waals surface area contributed by atoms with E-state index in [4.69, 9.17) is 9.47 Å². The Balaban J connectivity index is 1.43. The van der Waals surface area contributed by atoms with E-state index in [1.807, 2.05) is 18.6 Å². The molecule has 0 radical (unpaired) electrons. The Morgan fingerprint density at radius 1 is 1.33 bits per heavy atom. The Kier molecular flexibility index (Phi) is 3.07. The molecule has 1 aliphatic heterocycles. The number of nitrogens with zero attached hydrogens (tertiary/aromatic N) is 2. The number of fused-ring (bicyclic) bond motifs is 1. The molecule has 0 bridgehead atoms. The van der Waals surface area contributed by atoms with Crippen LogP contribution in [0.5, 0.6) is 11.5 Å². The third-order valence-electron chi connectivity index (χ3n) is 4.17. The molecule has 1 aromatic heterocycles. The third-order valence-corrected chi connectivity index (χ3v) is 4.17. The van der Waals surface area contributed by atoms with Crippen LogP contribution < -0.4 is 14.8 Å². The van der Waals surface area contributed by atoms with Crippen LogP contribution in [-0.4, -0.2) is 16.3 Å². The highest BCUT2D eigenvalue weighted by atomic mass is 16.7. The Bertz CT molecular complexity index is 649. The summed E-state index contributed by atoms with van der Waals surface area (Å²) in [6.45, 7) is 3.31. The van der Waals surface area contributed by atoms with Gasteiger partial charge in [0.05, 0.1) is 12.0 Å². The van der Waals surface area contributed by atoms with Crippen molar-refractivity contribution in [2.75, 3.05) is 6.79 Å². The molecule has 1 fully saturated rings. The normalized spacial score (nSPS) is 18.0. The highest BCUT2D eigenvalue weighted by molar-refractivity contribution is 5.45. The van der Waals surface area contributed by atoms with Crippen LogP contribution in [0.4, 0.5) is 0 Å². The van der Waals surface area contributed by atoms with Gasteiger partial charge in [-0.05, 0) is 37.5 Å². The van der Waals surface area contributed by atoms with Crippen molar-refractivity contribution in [2.24, 2.45) is 0 Å². The average Bonchev–Trinajstić information content (AvgIpc) is 3.06. The molecule has 1 atom stereocenters. The molecular formula is C16H19N3O2. The van der Waals surface area contributed by atoms with Crippen molar-refractivity contribution < 1.29 is 9.47 Å². The summed E-state index contributed by atoms with van der Waals surface area (Å²) in [6, 6.07) is 7.04. The van der Waals surface area contributed by atoms with Crippen LogP contribution in [0, 0.1) is 0 Å². The lowest BCUT2D eigenvalue weighted by molar-refractivity contribution is 0.174. The zero-order valence-corrected chi connectivity index (χ0v) is 12.1. The van der Waals surface area contributed by atoms with Crippen LogP contribution in [0.25, 0.3) is 0 Å². The minimum absolute atomic E-state index is 0.252. The fourth-order valence-corrected chi connectivity index (χ4v) is 2.71. The molecule has 1 N–H and O–H groups in total. The van der Waals surface area contributed by atoms with E-state index in [0.717, 1.165) is 18.0 Å². The monoisotopic (exact) mass is 285 g/mol. The third kappa shape index (κ3) is 2.49. The summed E-state index contributed by atoms with van der Waals surface area (Å²) in [4.78, 5) is 4.27. The number of nitrogens with one attached hydrogen (secondary N) is 1. The van der Waals surface area contributed by atoms with Crippen LogP contribution in [0.1, 0.15) is 43.1 Å². The minimum Gasteiger partial charge on any atom is -0.454 e. The Labute approximate surface area is 123 Å². The van der Waals surface area contributed by atoms with Gasteiger partial charge in [-0.3, -0.25) is 0 Å². The average molecular weight is 285 g/mol. The van der Waals surface area contributed by atoms with E-state index in [9.17, 15) is 0 Å². The van der Waals surface area contributed by atoms with E-state index >= 15 is 0 Å². The molecule has 1 unspecified atom stereocenters. The van der Waals surface area contributed by atoms with Crippen LogP contribution in [-0.2, 0) is 6.54 Å². The van der Waals surface area contributed by atoms with Gasteiger partial charge in [0, 0.05) is 24.8 Å². The molecule has 1 saturated carbocycles. The number of benzene rings is 1. The smallest absolute Gasteiger partial charge is 0.231 e. The lowest BCUT2D eigenvalue weighted by Crippen LogP contribution is -2.19. The van der Waals surface area contributed by atoms with Crippen LogP contribution in [0.15, 0.2) is 30.7 Å². The molecule has 21 heavy (non-hydrogen) atoms. The second kappa shape index (κ2) is 5.07. The maximum atomic E-state index is 5.43. The number of hydrogen-bond acceptors (Lipinski definition) is 4. The lowest BCUT2D eigenvalue weighted by Gasteiger charge is -2.15. The minimum atomic E-state index is 0.252.